The molecule has 0 saturated carbocycles. The van der Waals surface area contributed by atoms with Crippen molar-refractivity contribution < 1.29 is 13.2 Å². The van der Waals surface area contributed by atoms with E-state index in [4.69, 9.17) is 22.3 Å². The standard InChI is InChI=1S/C21H26ClN7O3S.ClH/c1-13-10-29-19(24-20(13)28-7-6-15(23)11-28)9-16(25-29)12-27(2)21(30)17-8-14(22)4-5-18(17)26-33(3,31)32;/h4-5,8-10,15,26H,6-7,11-12,23H2,1-3H3;1H/t15-;/m0./s1. The minimum absolute atomic E-state index is 0. The van der Waals surface area contributed by atoms with Crippen molar-refractivity contribution in [2.75, 3.05) is 36.0 Å². The van der Waals surface area contributed by atoms with E-state index in [1.165, 1.54) is 23.1 Å². The zero-order valence-electron chi connectivity index (χ0n) is 19.0. The second-order valence-electron chi connectivity index (χ2n) is 8.41. The monoisotopic (exact) mass is 527 g/mol. The quantitative estimate of drug-likeness (QED) is 0.503. The van der Waals surface area contributed by atoms with Crippen LogP contribution in [-0.2, 0) is 16.6 Å². The third-order valence-corrected chi connectivity index (χ3v) is 6.26. The number of carbonyl (C=O) groups is 1. The molecule has 1 aliphatic rings. The number of hydrogen-bond donors (Lipinski definition) is 2. The Labute approximate surface area is 209 Å². The highest BCUT2D eigenvalue weighted by atomic mass is 35.5. The highest BCUT2D eigenvalue weighted by Gasteiger charge is 2.23. The lowest BCUT2D eigenvalue weighted by molar-refractivity contribution is 0.0784. The number of carbonyl (C=O) groups excluding carboxylic acids is 1. The molecule has 1 aliphatic heterocycles. The van der Waals surface area contributed by atoms with Crippen LogP contribution in [0.5, 0.6) is 0 Å². The molecule has 1 fully saturated rings. The molecule has 4 rings (SSSR count). The number of hydrogen-bond acceptors (Lipinski definition) is 7. The largest absolute Gasteiger partial charge is 0.355 e. The number of sulfonamides is 1. The molecule has 3 aromatic rings. The molecule has 1 atom stereocenters. The van der Waals surface area contributed by atoms with Gasteiger partial charge < -0.3 is 15.5 Å². The molecule has 3 heterocycles. The molecule has 1 saturated heterocycles. The van der Waals surface area contributed by atoms with Crippen LogP contribution in [0.15, 0.2) is 30.5 Å². The summed E-state index contributed by atoms with van der Waals surface area (Å²) in [6.07, 6.45) is 3.87. The number of aromatic nitrogens is 3. The van der Waals surface area contributed by atoms with Gasteiger partial charge in [-0.15, -0.1) is 12.4 Å². The Bertz CT molecular complexity index is 1330. The first kappa shape index (κ1) is 26.0. The lowest BCUT2D eigenvalue weighted by Crippen LogP contribution is -2.27. The summed E-state index contributed by atoms with van der Waals surface area (Å²) < 4.78 is 27.4. The molecule has 10 nitrogen and oxygen atoms in total. The number of amides is 1. The topological polar surface area (TPSA) is 126 Å². The molecule has 0 radical (unpaired) electrons. The Kier molecular flexibility index (Phi) is 7.61. The average molecular weight is 528 g/mol. The molecule has 1 aromatic carbocycles. The SMILES string of the molecule is Cc1cn2nc(CN(C)C(=O)c3cc(Cl)ccc3NS(C)(=O)=O)cc2nc1N1CC[C@H](N)C1.Cl. The number of anilines is 2. The first-order valence-electron chi connectivity index (χ1n) is 10.4. The number of aryl methyl sites for hydroxylation is 1. The van der Waals surface area contributed by atoms with Crippen LogP contribution >= 0.6 is 24.0 Å². The van der Waals surface area contributed by atoms with Gasteiger partial charge in [-0.05, 0) is 31.5 Å². The fourth-order valence-corrected chi connectivity index (χ4v) is 4.68. The zero-order valence-corrected chi connectivity index (χ0v) is 21.4. The van der Waals surface area contributed by atoms with Crippen LogP contribution < -0.4 is 15.4 Å². The Balaban J connectivity index is 0.00000324. The number of fused-ring (bicyclic) bond motifs is 1. The van der Waals surface area contributed by atoms with Gasteiger partial charge in [0.1, 0.15) is 5.82 Å². The van der Waals surface area contributed by atoms with Gasteiger partial charge in [0, 0.05) is 49.0 Å². The molecule has 13 heteroatoms. The molecule has 0 spiro atoms. The van der Waals surface area contributed by atoms with E-state index in [0.29, 0.717) is 16.4 Å². The maximum atomic E-state index is 13.1. The summed E-state index contributed by atoms with van der Waals surface area (Å²) in [4.78, 5) is 21.5. The van der Waals surface area contributed by atoms with E-state index in [9.17, 15) is 13.2 Å². The highest BCUT2D eigenvalue weighted by molar-refractivity contribution is 7.92. The van der Waals surface area contributed by atoms with Crippen LogP contribution in [0, 0.1) is 6.92 Å². The van der Waals surface area contributed by atoms with Crippen LogP contribution in [0.3, 0.4) is 0 Å². The van der Waals surface area contributed by atoms with Crippen molar-refractivity contribution in [3.8, 4) is 0 Å². The van der Waals surface area contributed by atoms with Gasteiger partial charge in [0.05, 0.1) is 29.7 Å². The van der Waals surface area contributed by atoms with E-state index in [2.05, 4.69) is 14.7 Å². The zero-order chi connectivity index (χ0) is 23.9. The first-order chi connectivity index (χ1) is 15.5. The Hall–Kier alpha value is -2.60. The maximum Gasteiger partial charge on any atom is 0.256 e. The van der Waals surface area contributed by atoms with Gasteiger partial charge in [-0.2, -0.15) is 5.10 Å². The van der Waals surface area contributed by atoms with E-state index < -0.39 is 15.9 Å². The van der Waals surface area contributed by atoms with Crippen molar-refractivity contribution in [1.82, 2.24) is 19.5 Å². The molecule has 184 valence electrons. The summed E-state index contributed by atoms with van der Waals surface area (Å²) in [6, 6.07) is 6.41. The Morgan fingerprint density at radius 1 is 1.35 bits per heavy atom. The molecule has 0 aliphatic carbocycles. The van der Waals surface area contributed by atoms with Crippen LogP contribution in [0.1, 0.15) is 28.0 Å². The van der Waals surface area contributed by atoms with Crippen LogP contribution in [-0.4, -0.2) is 66.3 Å². The molecule has 0 bridgehead atoms. The number of halogens is 2. The van der Waals surface area contributed by atoms with Crippen molar-refractivity contribution >= 4 is 57.1 Å². The minimum atomic E-state index is -3.57. The molecular weight excluding hydrogens is 501 g/mol. The number of benzene rings is 1. The van der Waals surface area contributed by atoms with Crippen molar-refractivity contribution in [3.63, 3.8) is 0 Å². The summed E-state index contributed by atoms with van der Waals surface area (Å²) in [6.45, 7) is 3.83. The maximum absolute atomic E-state index is 13.1. The molecule has 34 heavy (non-hydrogen) atoms. The van der Waals surface area contributed by atoms with Crippen molar-refractivity contribution in [2.24, 2.45) is 5.73 Å². The minimum Gasteiger partial charge on any atom is -0.355 e. The van der Waals surface area contributed by atoms with Gasteiger partial charge >= 0.3 is 0 Å². The Morgan fingerprint density at radius 2 is 2.09 bits per heavy atom. The van der Waals surface area contributed by atoms with Gasteiger partial charge in [-0.25, -0.2) is 17.9 Å². The lowest BCUT2D eigenvalue weighted by Gasteiger charge is -2.19. The van der Waals surface area contributed by atoms with Crippen LogP contribution in [0.25, 0.3) is 5.65 Å². The molecular formula is C21H27Cl2N7O3S. The summed E-state index contributed by atoms with van der Waals surface area (Å²) in [5.41, 5.74) is 8.68. The predicted molar refractivity (Wildman–Crippen MR) is 135 cm³/mol. The average Bonchev–Trinajstić information content (AvgIpc) is 3.32. The molecule has 0 unspecified atom stereocenters. The Morgan fingerprint density at radius 3 is 2.74 bits per heavy atom. The fourth-order valence-electron chi connectivity index (χ4n) is 3.93. The number of rotatable bonds is 6. The number of nitrogens with two attached hydrogens (primary N) is 1. The van der Waals surface area contributed by atoms with Crippen LogP contribution in [0.2, 0.25) is 5.02 Å². The van der Waals surface area contributed by atoms with E-state index in [-0.39, 0.29) is 36.2 Å². The number of nitrogens with zero attached hydrogens (tertiary/aromatic N) is 5. The second kappa shape index (κ2) is 9.95. The van der Waals surface area contributed by atoms with E-state index in [1.807, 2.05) is 19.2 Å². The lowest BCUT2D eigenvalue weighted by atomic mass is 10.1. The van der Waals surface area contributed by atoms with E-state index in [0.717, 1.165) is 37.1 Å². The van der Waals surface area contributed by atoms with E-state index in [1.54, 1.807) is 11.6 Å². The van der Waals surface area contributed by atoms with Crippen molar-refractivity contribution in [3.05, 3.63) is 52.3 Å². The van der Waals surface area contributed by atoms with Crippen molar-refractivity contribution in [2.45, 2.75) is 25.9 Å². The van der Waals surface area contributed by atoms with Gasteiger partial charge in [0.25, 0.3) is 5.91 Å². The molecule has 1 amide bonds. The second-order valence-corrected chi connectivity index (χ2v) is 10.6. The van der Waals surface area contributed by atoms with Crippen molar-refractivity contribution in [1.29, 1.82) is 0 Å². The van der Waals surface area contributed by atoms with Crippen LogP contribution in [0.4, 0.5) is 11.5 Å². The molecule has 3 N–H and O–H groups in total. The number of nitrogens with one attached hydrogen (secondary N) is 1. The molecule has 2 aromatic heterocycles. The summed E-state index contributed by atoms with van der Waals surface area (Å²) in [5.74, 6) is 0.498. The van der Waals surface area contributed by atoms with Gasteiger partial charge in [0.15, 0.2) is 5.65 Å². The summed E-state index contributed by atoms with van der Waals surface area (Å²) in [7, 11) is -1.95. The normalized spacial score (nSPS) is 15.9. The third-order valence-electron chi connectivity index (χ3n) is 5.43. The van der Waals surface area contributed by atoms with E-state index >= 15 is 0 Å². The van der Waals surface area contributed by atoms with Gasteiger partial charge in [-0.3, -0.25) is 9.52 Å². The summed E-state index contributed by atoms with van der Waals surface area (Å²) >= 11 is 6.06. The predicted octanol–water partition coefficient (Wildman–Crippen LogP) is 2.29. The highest BCUT2D eigenvalue weighted by Crippen LogP contribution is 2.25. The van der Waals surface area contributed by atoms with Gasteiger partial charge in [0.2, 0.25) is 10.0 Å². The third kappa shape index (κ3) is 5.72. The fraction of sp³-hybridized carbons (Fsp3) is 0.381. The summed E-state index contributed by atoms with van der Waals surface area (Å²) in [5, 5.41) is 4.88. The van der Waals surface area contributed by atoms with Gasteiger partial charge in [-0.1, -0.05) is 11.6 Å². The smallest absolute Gasteiger partial charge is 0.256 e. The first-order valence-corrected chi connectivity index (χ1v) is 12.7.